The van der Waals surface area contributed by atoms with Crippen molar-refractivity contribution >= 4 is 89.2 Å². The summed E-state index contributed by atoms with van der Waals surface area (Å²) in [6.07, 6.45) is 19.8. The van der Waals surface area contributed by atoms with E-state index in [0.29, 0.717) is 23.0 Å². The molecule has 0 bridgehead atoms. The number of nitrogens with two attached hydrogens (primary N) is 2. The average molecular weight is 1810 g/mol. The third kappa shape index (κ3) is 34.8. The maximum absolute atomic E-state index is 13.4. The number of nitrogens with one attached hydrogen (secondary N) is 1. The number of para-hydroxylation sites is 7. The third-order valence-corrected chi connectivity index (χ3v) is 20.6. The molecule has 23 nitrogen and oxygen atoms in total. The van der Waals surface area contributed by atoms with E-state index in [1.807, 2.05) is 87.8 Å². The predicted octanol–water partition coefficient (Wildman–Crippen LogP) is 15.6. The molecule has 0 saturated carbocycles. The van der Waals surface area contributed by atoms with Crippen LogP contribution in [0.4, 0.5) is 39.0 Å². The van der Waals surface area contributed by atoms with Crippen molar-refractivity contribution in [3.8, 4) is 0 Å². The Bertz CT molecular complexity index is 4520. The van der Waals surface area contributed by atoms with Crippen LogP contribution < -0.4 is 22.8 Å². The van der Waals surface area contributed by atoms with Crippen molar-refractivity contribution in [1.29, 1.82) is 0 Å². The van der Waals surface area contributed by atoms with Gasteiger partial charge in [-0.15, -0.1) is 0 Å². The molecule has 0 unspecified atom stereocenters. The standard InChI is InChI=1S/C21H21F2N3O2.C13H17N3O.C13H18N2O2.C13H20N2.C8H5BrF2O.C6H4FNO2.C6H14N2.C4H8O.C2H6O.CH3I/c22-16-11-15(12-17(23)13-16)20(27)14-26-19-6-2-1-5-18(19)25(21(26)28)10-9-24-7-3-4-8-24;17-13-14-11-5-1-2-6-12(11)16(13)10-9-15-7-3-4-8-15;16-15(17)13-8-2-1-6-12(13)7-5-11-14-9-3-4-10-14;14-13-8-2-1-6-12(13)7-5-11-15-9-3-4-10-15;9-4-8(12)5-1-6(10)3-7(11)2-5;7-5-3-1-2-4-6(5)8(9)10;7-3-6-8-4-1-2-5-8;1-2-4-5-3-1;1-2-3;1-2/h1-2,5-6,11-13H,3-4,7-10,14H2;1-2,5-6H,3-4,7-10H2,(H,14,17);1-2,6,8H,3-5,7,9-11H2;1-2,6,8H,3-5,7,9-11,14H2;1-3H,4H2;1-4H;1-7H2;1-4H2;3H,2H2,1H3;1H3/i;;;;;;;;;1D. The molecule has 6 saturated heterocycles. The van der Waals surface area contributed by atoms with E-state index in [-0.39, 0.29) is 57.4 Å². The second-order valence-corrected chi connectivity index (χ2v) is 29.1. The van der Waals surface area contributed by atoms with Crippen molar-refractivity contribution < 1.29 is 52.6 Å². The number of nitro groups is 2. The Balaban J connectivity index is 0.000000215. The molecule has 0 spiro atoms. The second kappa shape index (κ2) is 55.3. The number of H-pyrrole nitrogens is 1. The Morgan fingerprint density at radius 3 is 1.32 bits per heavy atom. The van der Waals surface area contributed by atoms with Crippen LogP contribution in [0.1, 0.15) is 130 Å². The van der Waals surface area contributed by atoms with E-state index in [0.717, 1.165) is 155 Å². The van der Waals surface area contributed by atoms with Crippen molar-refractivity contribution in [1.82, 2.24) is 43.2 Å². The number of benzene rings is 7. The van der Waals surface area contributed by atoms with Gasteiger partial charge in [-0.25, -0.2) is 27.2 Å². The molecule has 6 aliphatic heterocycles. The zero-order valence-electron chi connectivity index (χ0n) is 68.2. The normalized spacial score (nSPS) is 15.2. The van der Waals surface area contributed by atoms with Gasteiger partial charge in [0.1, 0.15) is 23.3 Å². The largest absolute Gasteiger partial charge is 0.399 e. The number of nitro benzene ring substituents is 2. The third-order valence-electron chi connectivity index (χ3n) is 20.1. The fraction of sp³-hybridized carbons (Fsp3) is 0.471. The van der Waals surface area contributed by atoms with Gasteiger partial charge in [0.2, 0.25) is 5.82 Å². The number of alkyl halides is 2. The minimum absolute atomic E-state index is 0.00500. The van der Waals surface area contributed by atoms with E-state index in [9.17, 15) is 61.4 Å². The van der Waals surface area contributed by atoms with E-state index < -0.39 is 45.5 Å². The Labute approximate surface area is 706 Å². The first-order valence-corrected chi connectivity index (χ1v) is 43.0. The van der Waals surface area contributed by atoms with Gasteiger partial charge in [-0.05, 0) is 259 Å². The number of hydrogen-bond acceptors (Lipinski definition) is 17. The van der Waals surface area contributed by atoms with Gasteiger partial charge in [-0.1, -0.05) is 111 Å². The molecular weight excluding hydrogens is 1690 g/mol. The lowest BCUT2D eigenvalue weighted by atomic mass is 10.1. The number of halogens is 7. The van der Waals surface area contributed by atoms with Gasteiger partial charge in [-0.3, -0.25) is 43.5 Å². The molecule has 0 amide bonds. The number of aliphatic hydroxyl groups excluding tert-OH is 1. The zero-order chi connectivity index (χ0) is 85.4. The number of ketones is 2. The van der Waals surface area contributed by atoms with Crippen molar-refractivity contribution in [2.45, 2.75) is 129 Å². The Hall–Kier alpha value is -8.44. The summed E-state index contributed by atoms with van der Waals surface area (Å²) in [6.45, 7) is 22.9. The summed E-state index contributed by atoms with van der Waals surface area (Å²) < 4.78 is 80.4. The number of carbonyl (C=O) groups excluding carboxylic acids is 2. The SMILES string of the molecule is C1CCOC1.CCO.NCCN1CCCC1.Nc1ccccc1CCCN1CCCC1.O=C(CBr)c1cc(F)cc(F)c1.O=C(Cn1c(=O)n(CCN2CCCC2)c2ccccc21)c1cc(F)cc(F)c1.O=[N+]([O-])c1ccccc1CCCN1CCCC1.O=[N+]([O-])c1ccccc1F.O=c1[nH]c2ccccc2n1CCN1CCCC1.[2H]CI. The van der Waals surface area contributed by atoms with E-state index in [1.165, 1.54) is 165 Å². The fourth-order valence-corrected chi connectivity index (χ4v) is 14.5. The van der Waals surface area contributed by atoms with Crippen LogP contribution in [0.2, 0.25) is 0 Å². The summed E-state index contributed by atoms with van der Waals surface area (Å²) in [7, 11) is 0. The molecule has 7 aromatic carbocycles. The van der Waals surface area contributed by atoms with Gasteiger partial charge in [0.25, 0.3) is 5.69 Å². The summed E-state index contributed by atoms with van der Waals surface area (Å²) in [6, 6.07) is 40.8. The Morgan fingerprint density at radius 1 is 0.513 bits per heavy atom. The molecule has 6 aliphatic rings. The molecule has 15 rings (SSSR count). The van der Waals surface area contributed by atoms with Gasteiger partial charge < -0.3 is 50.8 Å². The van der Waals surface area contributed by atoms with Crippen LogP contribution in [0.15, 0.2) is 167 Å². The highest BCUT2D eigenvalue weighted by Gasteiger charge is 2.22. The number of imidazole rings is 2. The highest BCUT2D eigenvalue weighted by Crippen LogP contribution is 2.23. The van der Waals surface area contributed by atoms with Gasteiger partial charge in [0.05, 0.1) is 43.8 Å². The number of fused-ring (bicyclic) bond motifs is 2. The highest BCUT2D eigenvalue weighted by molar-refractivity contribution is 14.1. The van der Waals surface area contributed by atoms with Crippen LogP contribution in [0.25, 0.3) is 22.1 Å². The number of nitrogen functional groups attached to an aromatic ring is 1. The lowest BCUT2D eigenvalue weighted by Gasteiger charge is -2.14. The first-order chi connectivity index (χ1) is 57.1. The molecule has 30 heteroatoms. The van der Waals surface area contributed by atoms with Crippen LogP contribution in [-0.2, 0) is 37.2 Å². The van der Waals surface area contributed by atoms with Crippen LogP contribution in [-0.4, -0.2) is 204 Å². The lowest BCUT2D eigenvalue weighted by molar-refractivity contribution is -0.387. The molecule has 117 heavy (non-hydrogen) atoms. The number of rotatable bonds is 23. The van der Waals surface area contributed by atoms with Crippen LogP contribution >= 0.6 is 38.5 Å². The van der Waals surface area contributed by atoms with Gasteiger partial charge >= 0.3 is 17.1 Å². The number of hydrogen-bond donors (Lipinski definition) is 4. The van der Waals surface area contributed by atoms with Crippen molar-refractivity contribution in [2.24, 2.45) is 5.73 Å². The number of aliphatic hydroxyl groups is 1. The predicted molar refractivity (Wildman–Crippen MR) is 468 cm³/mol. The molecular formula is C87H116BrF5IN13O10. The minimum Gasteiger partial charge on any atom is -0.399 e. The zero-order valence-corrected chi connectivity index (χ0v) is 70.9. The van der Waals surface area contributed by atoms with Crippen molar-refractivity contribution in [2.75, 3.05) is 141 Å². The number of anilines is 1. The summed E-state index contributed by atoms with van der Waals surface area (Å²) in [4.78, 5) is 83.6. The first-order valence-electron chi connectivity index (χ1n) is 41.0. The second-order valence-electron chi connectivity index (χ2n) is 28.6. The van der Waals surface area contributed by atoms with E-state index in [4.69, 9.17) is 22.7 Å². The molecule has 0 atom stereocenters. The minimum atomic E-state index is -0.816. The molecule has 0 radical (unpaired) electrons. The molecule has 8 heterocycles. The molecule has 638 valence electrons. The number of likely N-dealkylation sites (tertiary alicyclic amines) is 5. The van der Waals surface area contributed by atoms with Gasteiger partial charge in [0.15, 0.2) is 11.6 Å². The number of nitrogens with zero attached hydrogens (tertiary/aromatic N) is 10. The number of aromatic amines is 1. The number of aryl methyl sites for hydroxylation is 2. The molecule has 6 N–H and O–H groups in total. The van der Waals surface area contributed by atoms with Crippen molar-refractivity contribution in [3.63, 3.8) is 0 Å². The summed E-state index contributed by atoms with van der Waals surface area (Å²) in [5.41, 5.74) is 17.2. The van der Waals surface area contributed by atoms with Gasteiger partial charge in [-0.2, -0.15) is 4.39 Å². The number of carbonyl (C=O) groups is 2. The van der Waals surface area contributed by atoms with E-state index >= 15 is 0 Å². The number of Topliss-reactive ketones (excluding diaryl/α,β-unsaturated/α-hetero) is 2. The smallest absolute Gasteiger partial charge is 0.329 e. The molecule has 9 aromatic rings. The lowest BCUT2D eigenvalue weighted by Crippen LogP contribution is -2.31. The first kappa shape index (κ1) is 95.7. The summed E-state index contributed by atoms with van der Waals surface area (Å²) in [5.74, 6) is -4.75. The quantitative estimate of drug-likeness (QED) is 0.00880. The maximum atomic E-state index is 13.4. The maximum Gasteiger partial charge on any atom is 0.329 e. The number of aromatic nitrogens is 4. The monoisotopic (exact) mass is 1800 g/mol. The average Bonchev–Trinajstić information content (AvgIpc) is 1.61. The number of ether oxygens (including phenoxy) is 1. The Kier molecular flexibility index (Phi) is 45.3. The molecule has 2 aromatic heterocycles. The Morgan fingerprint density at radius 2 is 0.889 bits per heavy atom. The molecule has 6 fully saturated rings. The van der Waals surface area contributed by atoms with Gasteiger partial charge in [0, 0.05) is 107 Å². The highest BCUT2D eigenvalue weighted by atomic mass is 127. The van der Waals surface area contributed by atoms with Crippen LogP contribution in [0.3, 0.4) is 0 Å². The van der Waals surface area contributed by atoms with E-state index in [1.54, 1.807) is 35.8 Å². The van der Waals surface area contributed by atoms with Crippen molar-refractivity contribution in [3.05, 3.63) is 250 Å². The molecule has 0 aliphatic carbocycles. The summed E-state index contributed by atoms with van der Waals surface area (Å²) >= 11 is 4.86. The summed E-state index contributed by atoms with van der Waals surface area (Å²) in [5, 5.41) is 28.5. The van der Waals surface area contributed by atoms with Crippen LogP contribution in [0.5, 0.6) is 0 Å². The fourth-order valence-electron chi connectivity index (χ4n) is 14.2. The van der Waals surface area contributed by atoms with Crippen LogP contribution in [0, 0.1) is 49.3 Å². The van der Waals surface area contributed by atoms with E-state index in [2.05, 4.69) is 57.5 Å². The topological polar surface area (TPSA) is 283 Å².